The fraction of sp³-hybridized carbons (Fsp3) is 0.294. The molecule has 1 aliphatic rings. The van der Waals surface area contributed by atoms with Gasteiger partial charge in [-0.25, -0.2) is 0 Å². The van der Waals surface area contributed by atoms with Gasteiger partial charge in [-0.1, -0.05) is 36.4 Å². The predicted molar refractivity (Wildman–Crippen MR) is 77.6 cm³/mol. The highest BCUT2D eigenvalue weighted by Gasteiger charge is 2.19. The summed E-state index contributed by atoms with van der Waals surface area (Å²) in [4.78, 5) is 0. The van der Waals surface area contributed by atoms with Crippen molar-refractivity contribution in [1.82, 2.24) is 5.32 Å². The summed E-state index contributed by atoms with van der Waals surface area (Å²) in [7, 11) is 0. The first-order chi connectivity index (χ1) is 9.33. The minimum atomic E-state index is 0.436. The largest absolute Gasteiger partial charge is 0.493 e. The van der Waals surface area contributed by atoms with Gasteiger partial charge in [-0.05, 0) is 35.7 Å². The maximum absolute atomic E-state index is 5.94. The summed E-state index contributed by atoms with van der Waals surface area (Å²) in [5.41, 5.74) is 4.06. The van der Waals surface area contributed by atoms with Crippen LogP contribution in [0.4, 0.5) is 0 Å². The Bertz CT molecular complexity index is 565. The van der Waals surface area contributed by atoms with Gasteiger partial charge in [0, 0.05) is 19.0 Å². The summed E-state index contributed by atoms with van der Waals surface area (Å²) in [6, 6.07) is 16.9. The summed E-state index contributed by atoms with van der Waals surface area (Å²) in [5, 5.41) is 3.46. The lowest BCUT2D eigenvalue weighted by atomic mass is 9.91. The summed E-state index contributed by atoms with van der Waals surface area (Å²) >= 11 is 0. The van der Waals surface area contributed by atoms with E-state index in [1.165, 1.54) is 16.7 Å². The summed E-state index contributed by atoms with van der Waals surface area (Å²) in [6.45, 7) is 4.78. The van der Waals surface area contributed by atoms with Crippen molar-refractivity contribution in [2.24, 2.45) is 0 Å². The van der Waals surface area contributed by atoms with Gasteiger partial charge in [0.15, 0.2) is 0 Å². The highest BCUT2D eigenvalue weighted by atomic mass is 16.5. The van der Waals surface area contributed by atoms with E-state index in [-0.39, 0.29) is 0 Å². The van der Waals surface area contributed by atoms with Gasteiger partial charge in [-0.15, -0.1) is 0 Å². The van der Waals surface area contributed by atoms with Crippen LogP contribution in [-0.2, 0) is 6.54 Å². The lowest BCUT2D eigenvalue weighted by Gasteiger charge is -2.26. The Balaban J connectivity index is 1.71. The van der Waals surface area contributed by atoms with E-state index in [2.05, 4.69) is 48.6 Å². The van der Waals surface area contributed by atoms with Crippen LogP contribution in [0.25, 0.3) is 0 Å². The molecule has 0 bridgehead atoms. The monoisotopic (exact) mass is 253 g/mol. The van der Waals surface area contributed by atoms with Gasteiger partial charge >= 0.3 is 0 Å². The summed E-state index contributed by atoms with van der Waals surface area (Å²) in [5.74, 6) is 1.40. The first-order valence-electron chi connectivity index (χ1n) is 6.81. The van der Waals surface area contributed by atoms with Gasteiger partial charge in [-0.2, -0.15) is 0 Å². The molecule has 1 N–H and O–H groups in total. The van der Waals surface area contributed by atoms with Crippen molar-refractivity contribution >= 4 is 0 Å². The van der Waals surface area contributed by atoms with Crippen molar-refractivity contribution in [3.8, 4) is 5.75 Å². The second kappa shape index (κ2) is 5.45. The standard InChI is InChI=1S/C17H19NO/c1-13-5-4-7-16(9-13)19-12-15-11-18-10-14-6-2-3-8-17(14)15/h2-9,15,18H,10-12H2,1H3. The number of hydrogen-bond donors (Lipinski definition) is 1. The van der Waals surface area contributed by atoms with Gasteiger partial charge in [0.25, 0.3) is 0 Å². The second-order valence-electron chi connectivity index (χ2n) is 5.15. The van der Waals surface area contributed by atoms with Crippen LogP contribution in [0.2, 0.25) is 0 Å². The molecule has 0 amide bonds. The molecule has 98 valence electrons. The number of nitrogens with one attached hydrogen (secondary N) is 1. The van der Waals surface area contributed by atoms with E-state index >= 15 is 0 Å². The molecular weight excluding hydrogens is 234 g/mol. The quantitative estimate of drug-likeness (QED) is 0.906. The number of fused-ring (bicyclic) bond motifs is 1. The number of ether oxygens (including phenoxy) is 1. The minimum Gasteiger partial charge on any atom is -0.493 e. The van der Waals surface area contributed by atoms with E-state index in [9.17, 15) is 0 Å². The molecular formula is C17H19NO. The molecule has 1 aliphatic heterocycles. The molecule has 19 heavy (non-hydrogen) atoms. The Morgan fingerprint density at radius 1 is 1.16 bits per heavy atom. The molecule has 0 saturated heterocycles. The Kier molecular flexibility index (Phi) is 3.51. The SMILES string of the molecule is Cc1cccc(OCC2CNCc3ccccc32)c1. The van der Waals surface area contributed by atoms with Crippen molar-refractivity contribution < 1.29 is 4.74 Å². The number of hydrogen-bond acceptors (Lipinski definition) is 2. The zero-order valence-corrected chi connectivity index (χ0v) is 11.2. The Morgan fingerprint density at radius 2 is 2.05 bits per heavy atom. The van der Waals surface area contributed by atoms with Gasteiger partial charge in [0.1, 0.15) is 5.75 Å². The normalized spacial score (nSPS) is 17.8. The highest BCUT2D eigenvalue weighted by molar-refractivity contribution is 5.33. The number of rotatable bonds is 3. The molecule has 1 unspecified atom stereocenters. The Morgan fingerprint density at radius 3 is 2.95 bits per heavy atom. The lowest BCUT2D eigenvalue weighted by Crippen LogP contribution is -2.31. The van der Waals surface area contributed by atoms with Gasteiger partial charge < -0.3 is 10.1 Å². The highest BCUT2D eigenvalue weighted by Crippen LogP contribution is 2.25. The average Bonchev–Trinajstić information content (AvgIpc) is 2.45. The van der Waals surface area contributed by atoms with Crippen molar-refractivity contribution in [2.45, 2.75) is 19.4 Å². The molecule has 0 fully saturated rings. The molecule has 0 aromatic heterocycles. The van der Waals surface area contributed by atoms with E-state index < -0.39 is 0 Å². The van der Waals surface area contributed by atoms with Crippen LogP contribution in [-0.4, -0.2) is 13.2 Å². The molecule has 2 aromatic rings. The van der Waals surface area contributed by atoms with Crippen LogP contribution in [0, 0.1) is 6.92 Å². The molecule has 2 nitrogen and oxygen atoms in total. The van der Waals surface area contributed by atoms with Crippen molar-refractivity contribution in [3.63, 3.8) is 0 Å². The second-order valence-corrected chi connectivity index (χ2v) is 5.15. The average molecular weight is 253 g/mol. The molecule has 0 saturated carbocycles. The topological polar surface area (TPSA) is 21.3 Å². The van der Waals surface area contributed by atoms with Crippen LogP contribution >= 0.6 is 0 Å². The zero-order valence-electron chi connectivity index (χ0n) is 11.2. The van der Waals surface area contributed by atoms with Crippen LogP contribution in [0.1, 0.15) is 22.6 Å². The maximum atomic E-state index is 5.94. The molecule has 0 spiro atoms. The summed E-state index contributed by atoms with van der Waals surface area (Å²) in [6.07, 6.45) is 0. The van der Waals surface area contributed by atoms with E-state index in [0.29, 0.717) is 5.92 Å². The fourth-order valence-corrected chi connectivity index (χ4v) is 2.64. The van der Waals surface area contributed by atoms with Crippen LogP contribution in [0.5, 0.6) is 5.75 Å². The van der Waals surface area contributed by atoms with E-state index in [4.69, 9.17) is 4.74 Å². The van der Waals surface area contributed by atoms with Gasteiger partial charge in [0.05, 0.1) is 6.61 Å². The fourth-order valence-electron chi connectivity index (χ4n) is 2.64. The maximum Gasteiger partial charge on any atom is 0.119 e. The van der Waals surface area contributed by atoms with Crippen LogP contribution < -0.4 is 10.1 Å². The molecule has 2 aromatic carbocycles. The van der Waals surface area contributed by atoms with Gasteiger partial charge in [0.2, 0.25) is 0 Å². The van der Waals surface area contributed by atoms with E-state index in [1.807, 2.05) is 12.1 Å². The molecule has 1 heterocycles. The third kappa shape index (κ3) is 2.79. The third-order valence-electron chi connectivity index (χ3n) is 3.64. The smallest absolute Gasteiger partial charge is 0.119 e. The number of benzene rings is 2. The minimum absolute atomic E-state index is 0.436. The van der Waals surface area contributed by atoms with E-state index in [1.54, 1.807) is 0 Å². The number of aryl methyl sites for hydroxylation is 1. The Hall–Kier alpha value is -1.80. The lowest BCUT2D eigenvalue weighted by molar-refractivity contribution is 0.278. The molecule has 0 radical (unpaired) electrons. The van der Waals surface area contributed by atoms with Crippen molar-refractivity contribution in [2.75, 3.05) is 13.2 Å². The predicted octanol–water partition coefficient (Wildman–Crippen LogP) is 3.26. The van der Waals surface area contributed by atoms with Crippen molar-refractivity contribution in [1.29, 1.82) is 0 Å². The van der Waals surface area contributed by atoms with Crippen molar-refractivity contribution in [3.05, 3.63) is 65.2 Å². The Labute approximate surface area is 114 Å². The molecule has 2 heteroatoms. The molecule has 3 rings (SSSR count). The zero-order chi connectivity index (χ0) is 13.1. The molecule has 1 atom stereocenters. The molecule has 0 aliphatic carbocycles. The first kappa shape index (κ1) is 12.2. The van der Waals surface area contributed by atoms with Gasteiger partial charge in [-0.3, -0.25) is 0 Å². The van der Waals surface area contributed by atoms with E-state index in [0.717, 1.165) is 25.4 Å². The third-order valence-corrected chi connectivity index (χ3v) is 3.64. The van der Waals surface area contributed by atoms with Crippen LogP contribution in [0.15, 0.2) is 48.5 Å². The van der Waals surface area contributed by atoms with Crippen LogP contribution in [0.3, 0.4) is 0 Å². The summed E-state index contributed by atoms with van der Waals surface area (Å²) < 4.78 is 5.94. The first-order valence-corrected chi connectivity index (χ1v) is 6.81.